The van der Waals surface area contributed by atoms with Gasteiger partial charge in [0.05, 0.1) is 4.34 Å². The van der Waals surface area contributed by atoms with Crippen LogP contribution in [0, 0.1) is 0 Å². The van der Waals surface area contributed by atoms with E-state index < -0.39 is 0 Å². The fraction of sp³-hybridized carbons (Fsp3) is 0.643. The summed E-state index contributed by atoms with van der Waals surface area (Å²) in [5, 5.41) is 0. The summed E-state index contributed by atoms with van der Waals surface area (Å²) in [7, 11) is 0. The van der Waals surface area contributed by atoms with Gasteiger partial charge in [0, 0.05) is 29.9 Å². The first kappa shape index (κ1) is 14.8. The third-order valence-electron chi connectivity index (χ3n) is 3.69. The van der Waals surface area contributed by atoms with Gasteiger partial charge in [0.1, 0.15) is 0 Å². The van der Waals surface area contributed by atoms with Gasteiger partial charge in [-0.15, -0.1) is 11.3 Å². The zero-order valence-electron chi connectivity index (χ0n) is 11.3. The van der Waals surface area contributed by atoms with Crippen LogP contribution in [0.1, 0.15) is 37.5 Å². The molecular weight excluding hydrogens is 280 g/mol. The van der Waals surface area contributed by atoms with E-state index in [1.54, 1.807) is 11.3 Å². The molecule has 5 heteroatoms. The number of nitrogens with two attached hydrogens (primary N) is 1. The molecule has 1 fully saturated rings. The Bertz CT molecular complexity index is 433. The predicted octanol–water partition coefficient (Wildman–Crippen LogP) is 3.06. The molecule has 0 spiro atoms. The molecule has 106 valence electrons. The predicted molar refractivity (Wildman–Crippen MR) is 80.7 cm³/mol. The Morgan fingerprint density at radius 1 is 1.58 bits per heavy atom. The van der Waals surface area contributed by atoms with E-state index in [2.05, 4.69) is 0 Å². The molecule has 0 bridgehead atoms. The summed E-state index contributed by atoms with van der Waals surface area (Å²) in [6.07, 6.45) is 4.64. The van der Waals surface area contributed by atoms with Crippen LogP contribution in [0.25, 0.3) is 0 Å². The largest absolute Gasteiger partial charge is 0.338 e. The Labute approximate surface area is 123 Å². The summed E-state index contributed by atoms with van der Waals surface area (Å²) >= 11 is 7.45. The molecule has 1 aromatic rings. The number of aryl methyl sites for hydroxylation is 1. The molecule has 1 aromatic heterocycles. The minimum Gasteiger partial charge on any atom is -0.338 e. The quantitative estimate of drug-likeness (QED) is 0.929. The van der Waals surface area contributed by atoms with Crippen molar-refractivity contribution in [3.8, 4) is 0 Å². The van der Waals surface area contributed by atoms with E-state index in [9.17, 15) is 4.79 Å². The zero-order valence-corrected chi connectivity index (χ0v) is 12.8. The molecule has 0 radical (unpaired) electrons. The fourth-order valence-corrected chi connectivity index (χ4v) is 3.76. The summed E-state index contributed by atoms with van der Waals surface area (Å²) in [6, 6.07) is 4.16. The Morgan fingerprint density at radius 3 is 3.00 bits per heavy atom. The van der Waals surface area contributed by atoms with Gasteiger partial charge < -0.3 is 10.6 Å². The van der Waals surface area contributed by atoms with E-state index in [4.69, 9.17) is 17.3 Å². The van der Waals surface area contributed by atoms with Crippen LogP contribution in [0.5, 0.6) is 0 Å². The highest BCUT2D eigenvalue weighted by Gasteiger charge is 2.28. The molecule has 2 rings (SSSR count). The van der Waals surface area contributed by atoms with Crippen molar-refractivity contribution in [1.82, 2.24) is 4.90 Å². The Morgan fingerprint density at radius 2 is 2.37 bits per heavy atom. The van der Waals surface area contributed by atoms with Crippen molar-refractivity contribution < 1.29 is 4.79 Å². The molecule has 2 unspecified atom stereocenters. The highest BCUT2D eigenvalue weighted by atomic mass is 35.5. The first-order chi connectivity index (χ1) is 9.08. The minimum absolute atomic E-state index is 0.0560. The maximum absolute atomic E-state index is 12.3. The van der Waals surface area contributed by atoms with Gasteiger partial charge in [0.2, 0.25) is 5.91 Å². The van der Waals surface area contributed by atoms with Crippen molar-refractivity contribution in [2.45, 2.75) is 51.1 Å². The van der Waals surface area contributed by atoms with Gasteiger partial charge in [0.25, 0.3) is 0 Å². The topological polar surface area (TPSA) is 46.3 Å². The summed E-state index contributed by atoms with van der Waals surface area (Å²) in [5.41, 5.74) is 6.00. The SMILES string of the molecule is CC(N)C1CCCCN1C(=O)CCc1ccc(Cl)s1. The van der Waals surface area contributed by atoms with Crippen molar-refractivity contribution in [2.75, 3.05) is 6.54 Å². The van der Waals surface area contributed by atoms with Crippen LogP contribution in [0.4, 0.5) is 0 Å². The van der Waals surface area contributed by atoms with Crippen LogP contribution in [0.2, 0.25) is 4.34 Å². The molecule has 1 saturated heterocycles. The lowest BCUT2D eigenvalue weighted by atomic mass is 9.96. The normalized spacial score (nSPS) is 21.4. The molecule has 2 atom stereocenters. The fourth-order valence-electron chi connectivity index (χ4n) is 2.67. The molecule has 0 aliphatic carbocycles. The van der Waals surface area contributed by atoms with Crippen molar-refractivity contribution in [3.05, 3.63) is 21.3 Å². The third-order valence-corrected chi connectivity index (χ3v) is 4.98. The zero-order chi connectivity index (χ0) is 13.8. The van der Waals surface area contributed by atoms with E-state index >= 15 is 0 Å². The van der Waals surface area contributed by atoms with Crippen LogP contribution in [0.15, 0.2) is 12.1 Å². The van der Waals surface area contributed by atoms with Gasteiger partial charge in [-0.05, 0) is 44.7 Å². The van der Waals surface area contributed by atoms with Gasteiger partial charge in [-0.2, -0.15) is 0 Å². The maximum Gasteiger partial charge on any atom is 0.223 e. The van der Waals surface area contributed by atoms with E-state index in [1.165, 1.54) is 11.3 Å². The first-order valence-corrected chi connectivity index (χ1v) is 8.06. The van der Waals surface area contributed by atoms with Crippen molar-refractivity contribution in [3.63, 3.8) is 0 Å². The second-order valence-corrected chi connectivity index (χ2v) is 7.01. The summed E-state index contributed by atoms with van der Waals surface area (Å²) in [5.74, 6) is 0.228. The third kappa shape index (κ3) is 3.94. The average Bonchev–Trinajstić information content (AvgIpc) is 2.81. The van der Waals surface area contributed by atoms with E-state index in [0.29, 0.717) is 6.42 Å². The molecule has 2 heterocycles. The molecule has 0 saturated carbocycles. The number of hydrogen-bond donors (Lipinski definition) is 1. The molecule has 3 nitrogen and oxygen atoms in total. The number of likely N-dealkylation sites (tertiary alicyclic amines) is 1. The second kappa shape index (κ2) is 6.73. The number of hydrogen-bond acceptors (Lipinski definition) is 3. The van der Waals surface area contributed by atoms with Crippen LogP contribution in [-0.4, -0.2) is 29.4 Å². The lowest BCUT2D eigenvalue weighted by Gasteiger charge is -2.38. The summed E-state index contributed by atoms with van der Waals surface area (Å²) < 4.78 is 0.786. The molecule has 0 aromatic carbocycles. The number of amides is 1. The number of nitrogens with zero attached hydrogens (tertiary/aromatic N) is 1. The number of thiophene rings is 1. The summed E-state index contributed by atoms with van der Waals surface area (Å²) in [4.78, 5) is 15.5. The number of carbonyl (C=O) groups excluding carboxylic acids is 1. The second-order valence-electron chi connectivity index (χ2n) is 5.22. The van der Waals surface area contributed by atoms with Crippen molar-refractivity contribution >= 4 is 28.8 Å². The Balaban J connectivity index is 1.90. The van der Waals surface area contributed by atoms with Crippen LogP contribution >= 0.6 is 22.9 Å². The molecule has 1 aliphatic rings. The van der Waals surface area contributed by atoms with Crippen LogP contribution in [-0.2, 0) is 11.2 Å². The molecule has 2 N–H and O–H groups in total. The molecule has 1 aliphatic heterocycles. The lowest BCUT2D eigenvalue weighted by molar-refractivity contribution is -0.135. The van der Waals surface area contributed by atoms with Crippen molar-refractivity contribution in [1.29, 1.82) is 0 Å². The standard InChI is InChI=1S/C14H21ClN2OS/c1-10(16)12-4-2-3-9-17(12)14(18)8-6-11-5-7-13(15)19-11/h5,7,10,12H,2-4,6,8-9,16H2,1H3. The minimum atomic E-state index is 0.0560. The average molecular weight is 301 g/mol. The smallest absolute Gasteiger partial charge is 0.223 e. The number of halogens is 1. The highest BCUT2D eigenvalue weighted by Crippen LogP contribution is 2.24. The molecule has 19 heavy (non-hydrogen) atoms. The van der Waals surface area contributed by atoms with E-state index in [0.717, 1.165) is 30.1 Å². The van der Waals surface area contributed by atoms with Crippen LogP contribution in [0.3, 0.4) is 0 Å². The van der Waals surface area contributed by atoms with Gasteiger partial charge >= 0.3 is 0 Å². The van der Waals surface area contributed by atoms with Gasteiger partial charge in [-0.25, -0.2) is 0 Å². The lowest BCUT2D eigenvalue weighted by Crippen LogP contribution is -2.51. The Hall–Kier alpha value is -0.580. The highest BCUT2D eigenvalue weighted by molar-refractivity contribution is 7.16. The van der Waals surface area contributed by atoms with Gasteiger partial charge in [-0.3, -0.25) is 4.79 Å². The van der Waals surface area contributed by atoms with E-state index in [-0.39, 0.29) is 18.0 Å². The maximum atomic E-state index is 12.3. The van der Waals surface area contributed by atoms with Gasteiger partial charge in [-0.1, -0.05) is 11.6 Å². The van der Waals surface area contributed by atoms with Crippen LogP contribution < -0.4 is 5.73 Å². The van der Waals surface area contributed by atoms with Gasteiger partial charge in [0.15, 0.2) is 0 Å². The Kier molecular flexibility index (Phi) is 5.25. The van der Waals surface area contributed by atoms with Crippen molar-refractivity contribution in [2.24, 2.45) is 5.73 Å². The molecule has 1 amide bonds. The summed E-state index contributed by atoms with van der Waals surface area (Å²) in [6.45, 7) is 2.85. The number of rotatable bonds is 4. The first-order valence-electron chi connectivity index (χ1n) is 6.87. The number of carbonyl (C=O) groups is 1. The monoisotopic (exact) mass is 300 g/mol. The van der Waals surface area contributed by atoms with E-state index in [1.807, 2.05) is 24.0 Å². The molecular formula is C14H21ClN2OS. The number of piperidine rings is 1.